The summed E-state index contributed by atoms with van der Waals surface area (Å²) in [6.45, 7) is 19.1. The molecule has 0 saturated heterocycles. The molecule has 2 aromatic carbocycles. The highest BCUT2D eigenvalue weighted by atomic mass is 16.7. The fourth-order valence-electron chi connectivity index (χ4n) is 10.2. The molecule has 0 heterocycles. The molecule has 614 valence electrons. The summed E-state index contributed by atoms with van der Waals surface area (Å²) in [5.41, 5.74) is 0.371. The zero-order valence-electron chi connectivity index (χ0n) is 65.9. The van der Waals surface area contributed by atoms with Crippen molar-refractivity contribution in [3.8, 4) is 17.2 Å². The quantitative estimate of drug-likeness (QED) is 0.0257. The van der Waals surface area contributed by atoms with E-state index in [9.17, 15) is 62.3 Å². The molecular weight excluding hydrogens is 1440 g/mol. The van der Waals surface area contributed by atoms with E-state index in [-0.39, 0.29) is 159 Å². The van der Waals surface area contributed by atoms with Crippen LogP contribution in [0.15, 0.2) is 42.5 Å². The maximum absolute atomic E-state index is 15.1. The van der Waals surface area contributed by atoms with Crippen molar-refractivity contribution < 1.29 is 143 Å². The van der Waals surface area contributed by atoms with Crippen molar-refractivity contribution in [2.75, 3.05) is 19.8 Å². The first-order valence-electron chi connectivity index (χ1n) is 38.5. The van der Waals surface area contributed by atoms with Crippen LogP contribution >= 0.6 is 0 Å². The van der Waals surface area contributed by atoms with E-state index in [1.807, 2.05) is 0 Å². The summed E-state index contributed by atoms with van der Waals surface area (Å²) in [5, 5.41) is 0. The number of hydrogen-bond acceptors (Lipinski definition) is 30. The van der Waals surface area contributed by atoms with Gasteiger partial charge in [-0.3, -0.25) is 57.5 Å². The van der Waals surface area contributed by atoms with E-state index in [1.54, 1.807) is 83.1 Å². The Morgan fingerprint density at radius 3 is 0.727 bits per heavy atom. The summed E-state index contributed by atoms with van der Waals surface area (Å²) < 4.78 is 86.2. The van der Waals surface area contributed by atoms with Gasteiger partial charge in [0.15, 0.2) is 18.3 Å². The van der Waals surface area contributed by atoms with Gasteiger partial charge < -0.3 is 71.1 Å². The Balaban J connectivity index is 3.17. The first-order chi connectivity index (χ1) is 52.7. The predicted molar refractivity (Wildman–Crippen MR) is 393 cm³/mol. The van der Waals surface area contributed by atoms with Gasteiger partial charge in [0.05, 0.1) is 19.8 Å². The third-order valence-corrected chi connectivity index (χ3v) is 15.5. The Bertz CT molecular complexity index is 3150. The Morgan fingerprint density at radius 1 is 0.255 bits per heavy atom. The first-order valence-corrected chi connectivity index (χ1v) is 38.5. The molecule has 2 rings (SSSR count). The molecule has 0 fully saturated rings. The molecule has 0 bridgehead atoms. The third-order valence-electron chi connectivity index (χ3n) is 15.5. The number of benzene rings is 2. The minimum Gasteiger partial charge on any atom is -0.466 e. The smallest absolute Gasteiger partial charge is 0.356 e. The summed E-state index contributed by atoms with van der Waals surface area (Å²) >= 11 is 0. The van der Waals surface area contributed by atoms with Gasteiger partial charge in [0.2, 0.25) is 18.3 Å². The third kappa shape index (κ3) is 38.5. The van der Waals surface area contributed by atoms with Gasteiger partial charge in [0.1, 0.15) is 35.6 Å². The maximum atomic E-state index is 15.1. The second-order valence-electron chi connectivity index (χ2n) is 25.6. The number of carbonyl (C=O) groups excluding carboxylic acids is 15. The molecule has 0 radical (unpaired) electrons. The molecular formula is C80H114O30. The lowest BCUT2D eigenvalue weighted by atomic mass is 10.0. The van der Waals surface area contributed by atoms with Crippen LogP contribution < -0.4 is 14.2 Å². The first kappa shape index (κ1) is 96.3. The minimum atomic E-state index is -2.25. The summed E-state index contributed by atoms with van der Waals surface area (Å²) in [7, 11) is 0. The summed E-state index contributed by atoms with van der Waals surface area (Å²) in [4.78, 5) is 204. The number of carbonyl (C=O) groups is 15. The molecule has 0 aromatic heterocycles. The van der Waals surface area contributed by atoms with Crippen molar-refractivity contribution in [3.63, 3.8) is 0 Å². The predicted octanol–water partition coefficient (Wildman–Crippen LogP) is 12.2. The summed E-state index contributed by atoms with van der Waals surface area (Å²) in [5.74, 6) is -15.1. The van der Waals surface area contributed by atoms with E-state index in [0.717, 1.165) is 6.07 Å². The molecule has 110 heavy (non-hydrogen) atoms. The van der Waals surface area contributed by atoms with E-state index in [0.29, 0.717) is 37.7 Å². The molecule has 0 saturated carbocycles. The van der Waals surface area contributed by atoms with Gasteiger partial charge in [0.25, 0.3) is 0 Å². The van der Waals surface area contributed by atoms with E-state index in [2.05, 4.69) is 0 Å². The van der Waals surface area contributed by atoms with E-state index in [1.165, 1.54) is 48.6 Å². The van der Waals surface area contributed by atoms with Crippen molar-refractivity contribution in [2.45, 2.75) is 311 Å². The van der Waals surface area contributed by atoms with Crippen molar-refractivity contribution in [2.24, 2.45) is 0 Å². The number of ether oxygens (including phenoxy) is 15. The standard InChI is InChI=1S/C80H114O30/c1-13-25-60(81)96-46-43-57(102-63(84)28-16-4)72(105-66(87)31-19-7)75(108-69(90)34-22-10)78(93)99-54-41-39-52(40-42-54)37-38-53-49-55(100-79(94)76(109-70(91)35-23-11)73(106-67(88)32-20-8)58(103-64(85)29-17-5)44-47-97-61(82)26-14-2)51-56(50-53)101-80(95)77(110-71(92)36-24-12)74(107-68(89)33-21-9)59(104-65(86)30-18-6)45-48-98-62(83)27-15-3/h37-42,49-51,57-59,72-77H,13-36,43-48H2,1-12H3/b38-37+/t57-,58-,59-,72+,73+,74+,75-,76-,77-/m1/s1. The largest absolute Gasteiger partial charge is 0.466 e. The fourth-order valence-corrected chi connectivity index (χ4v) is 10.2. The normalized spacial score (nSPS) is 13.5. The van der Waals surface area contributed by atoms with Crippen LogP contribution in [0.1, 0.15) is 268 Å². The molecule has 0 amide bonds. The van der Waals surface area contributed by atoms with Gasteiger partial charge in [-0.2, -0.15) is 0 Å². The van der Waals surface area contributed by atoms with E-state index in [4.69, 9.17) is 71.1 Å². The van der Waals surface area contributed by atoms with Gasteiger partial charge in [0, 0.05) is 102 Å². The van der Waals surface area contributed by atoms with Crippen LogP contribution in [0.3, 0.4) is 0 Å². The number of esters is 15. The molecule has 0 aliphatic carbocycles. The van der Waals surface area contributed by atoms with Crippen LogP contribution in [0.25, 0.3) is 12.2 Å². The molecule has 0 spiro atoms. The molecule has 0 unspecified atom stereocenters. The van der Waals surface area contributed by atoms with E-state index < -0.39 is 169 Å². The average molecular weight is 1560 g/mol. The SMILES string of the molecule is CCCC(=O)OCC[C@@H](OC(=O)CCC)[C@H](OC(=O)CCC)[C@@H](OC(=O)CCC)C(=O)Oc1ccc(/C=C/c2cc(OC(=O)[C@H](OC(=O)CCC)[C@@H](OC(=O)CCC)[C@@H](CCOC(=O)CCC)OC(=O)CCC)cc(OC(=O)[C@H](OC(=O)CCC)[C@@H](OC(=O)CCC)[C@@H](CCOC(=O)CCC)OC(=O)CCC)c2)cc1. The van der Waals surface area contributed by atoms with Crippen LogP contribution in [0.2, 0.25) is 0 Å². The van der Waals surface area contributed by atoms with Crippen LogP contribution in [0.4, 0.5) is 0 Å². The van der Waals surface area contributed by atoms with Crippen molar-refractivity contribution in [1.29, 1.82) is 0 Å². The highest BCUT2D eigenvalue weighted by Gasteiger charge is 2.47. The molecule has 30 nitrogen and oxygen atoms in total. The molecule has 0 aliphatic rings. The molecule has 30 heteroatoms. The molecule has 0 aliphatic heterocycles. The average Bonchev–Trinajstić information content (AvgIpc) is 0.826. The van der Waals surface area contributed by atoms with Crippen LogP contribution in [-0.4, -0.2) is 164 Å². The monoisotopic (exact) mass is 1550 g/mol. The van der Waals surface area contributed by atoms with Gasteiger partial charge in [-0.1, -0.05) is 107 Å². The highest BCUT2D eigenvalue weighted by molar-refractivity contribution is 5.86. The topological polar surface area (TPSA) is 394 Å². The Morgan fingerprint density at radius 2 is 0.473 bits per heavy atom. The zero-order valence-corrected chi connectivity index (χ0v) is 65.9. The Kier molecular flexibility index (Phi) is 48.7. The van der Waals surface area contributed by atoms with Crippen molar-refractivity contribution in [3.05, 3.63) is 53.6 Å². The minimum absolute atomic E-state index is 0.0209. The molecule has 0 N–H and O–H groups in total. The van der Waals surface area contributed by atoms with Crippen LogP contribution in [0.5, 0.6) is 17.2 Å². The lowest BCUT2D eigenvalue weighted by Gasteiger charge is -2.31. The number of rotatable bonds is 56. The van der Waals surface area contributed by atoms with Crippen LogP contribution in [0, 0.1) is 0 Å². The maximum Gasteiger partial charge on any atom is 0.356 e. The van der Waals surface area contributed by atoms with Crippen molar-refractivity contribution >= 4 is 102 Å². The van der Waals surface area contributed by atoms with Crippen molar-refractivity contribution in [1.82, 2.24) is 0 Å². The fraction of sp³-hybridized carbons (Fsp3) is 0.637. The number of hydrogen-bond donors (Lipinski definition) is 0. The summed E-state index contributed by atoms with van der Waals surface area (Å²) in [6, 6.07) is 9.04. The Labute approximate surface area is 644 Å². The van der Waals surface area contributed by atoms with E-state index >= 15 is 9.59 Å². The van der Waals surface area contributed by atoms with Gasteiger partial charge in [-0.25, -0.2) is 14.4 Å². The second kappa shape index (κ2) is 55.6. The molecule has 9 atom stereocenters. The lowest BCUT2D eigenvalue weighted by Crippen LogP contribution is -2.51. The molecule has 2 aromatic rings. The van der Waals surface area contributed by atoms with Gasteiger partial charge >= 0.3 is 89.5 Å². The Hall–Kier alpha value is -9.77. The van der Waals surface area contributed by atoms with Crippen LogP contribution in [-0.2, 0) is 129 Å². The summed E-state index contributed by atoms with van der Waals surface area (Å²) in [6.07, 6.45) is -13.4. The zero-order chi connectivity index (χ0) is 81.9. The lowest BCUT2D eigenvalue weighted by molar-refractivity contribution is -0.194. The second-order valence-corrected chi connectivity index (χ2v) is 25.6. The van der Waals surface area contributed by atoms with Gasteiger partial charge in [-0.15, -0.1) is 0 Å². The van der Waals surface area contributed by atoms with Gasteiger partial charge in [-0.05, 0) is 112 Å². The highest BCUT2D eigenvalue weighted by Crippen LogP contribution is 2.31.